The van der Waals surface area contributed by atoms with Gasteiger partial charge >= 0.3 is 0 Å². The number of rotatable bonds is 3. The summed E-state index contributed by atoms with van der Waals surface area (Å²) in [6.07, 6.45) is 1.25. The van der Waals surface area contributed by atoms with Gasteiger partial charge in [-0.15, -0.1) is 0 Å². The number of amides is 1. The maximum absolute atomic E-state index is 11.3. The molecule has 0 heterocycles. The second-order valence-corrected chi connectivity index (χ2v) is 5.44. The molecule has 17 heavy (non-hydrogen) atoms. The second kappa shape index (κ2) is 7.13. The molecular weight excluding hydrogens is 371 g/mol. The molecule has 0 atom stereocenters. The summed E-state index contributed by atoms with van der Waals surface area (Å²) in [4.78, 5) is 11.3. The fourth-order valence-corrected chi connectivity index (χ4v) is 2.29. The predicted octanol–water partition coefficient (Wildman–Crippen LogP) is 3.56. The molecule has 0 saturated heterocycles. The smallest absolute Gasteiger partial charge is 0.226 e. The van der Waals surface area contributed by atoms with Crippen LogP contribution in [0.25, 0.3) is 0 Å². The number of halogens is 2. The van der Waals surface area contributed by atoms with Crippen molar-refractivity contribution in [3.05, 3.63) is 26.8 Å². The fourth-order valence-electron chi connectivity index (χ4n) is 1.16. The normalized spacial score (nSPS) is 9.82. The van der Waals surface area contributed by atoms with Crippen LogP contribution in [-0.2, 0) is 4.79 Å². The first kappa shape index (κ1) is 14.7. The van der Waals surface area contributed by atoms with Crippen LogP contribution in [0, 0.1) is 3.57 Å². The number of hydrogen-bond acceptors (Lipinski definition) is 2. The summed E-state index contributed by atoms with van der Waals surface area (Å²) in [6.45, 7) is 1.94. The monoisotopic (exact) mass is 382 g/mol. The van der Waals surface area contributed by atoms with Crippen LogP contribution in [0.4, 0.5) is 5.69 Å². The number of benzene rings is 1. The number of carbonyl (C=O) groups is 1. The molecule has 0 aliphatic rings. The van der Waals surface area contributed by atoms with E-state index in [2.05, 4.69) is 33.2 Å². The summed E-state index contributed by atoms with van der Waals surface area (Å²) in [5.41, 5.74) is 0.689. The number of hydrogen-bond donors (Lipinski definition) is 2. The summed E-state index contributed by atoms with van der Waals surface area (Å²) in [7, 11) is 0. The Balaban J connectivity index is 2.59. The van der Waals surface area contributed by atoms with E-state index < -0.39 is 0 Å². The van der Waals surface area contributed by atoms with Crippen molar-refractivity contribution in [2.24, 2.45) is 0 Å². The Morgan fingerprint density at radius 3 is 2.82 bits per heavy atom. The minimum absolute atomic E-state index is 0.0911. The van der Waals surface area contributed by atoms with Crippen molar-refractivity contribution in [1.29, 1.82) is 0 Å². The maximum Gasteiger partial charge on any atom is 0.226 e. The number of anilines is 1. The Morgan fingerprint density at radius 1 is 1.53 bits per heavy atom. The molecule has 6 heteroatoms. The van der Waals surface area contributed by atoms with Crippen LogP contribution in [0.3, 0.4) is 0 Å². The third-order valence-corrected chi connectivity index (χ3v) is 3.10. The number of carbonyl (C=O) groups excluding carboxylic acids is 1. The van der Waals surface area contributed by atoms with E-state index in [-0.39, 0.29) is 11.0 Å². The Bertz CT molecular complexity index is 439. The molecule has 92 valence electrons. The Labute approximate surface area is 124 Å². The SMILES string of the molecule is CCCC(=O)NC(=S)Nc1ccc(I)cc1Cl. The van der Waals surface area contributed by atoms with Crippen molar-refractivity contribution in [3.63, 3.8) is 0 Å². The highest BCUT2D eigenvalue weighted by Gasteiger charge is 2.06. The summed E-state index contributed by atoms with van der Waals surface area (Å²) < 4.78 is 1.04. The molecule has 0 fully saturated rings. The van der Waals surface area contributed by atoms with Crippen molar-refractivity contribution in [3.8, 4) is 0 Å². The van der Waals surface area contributed by atoms with Crippen molar-refractivity contribution < 1.29 is 4.79 Å². The van der Waals surface area contributed by atoms with Gasteiger partial charge in [-0.25, -0.2) is 0 Å². The van der Waals surface area contributed by atoms with Gasteiger partial charge in [0.1, 0.15) is 0 Å². The van der Waals surface area contributed by atoms with Crippen LogP contribution in [0.5, 0.6) is 0 Å². The third-order valence-electron chi connectivity index (χ3n) is 1.91. The maximum atomic E-state index is 11.3. The van der Waals surface area contributed by atoms with Gasteiger partial charge in [0, 0.05) is 9.99 Å². The number of nitrogens with one attached hydrogen (secondary N) is 2. The van der Waals surface area contributed by atoms with E-state index >= 15 is 0 Å². The molecule has 1 aromatic carbocycles. The van der Waals surface area contributed by atoms with Crippen LogP contribution < -0.4 is 10.6 Å². The van der Waals surface area contributed by atoms with E-state index in [0.29, 0.717) is 17.1 Å². The van der Waals surface area contributed by atoms with Crippen molar-refractivity contribution in [2.75, 3.05) is 5.32 Å². The largest absolute Gasteiger partial charge is 0.331 e. The lowest BCUT2D eigenvalue weighted by Crippen LogP contribution is -2.33. The first-order valence-corrected chi connectivity index (χ1v) is 6.95. The lowest BCUT2D eigenvalue weighted by atomic mass is 10.3. The summed E-state index contributed by atoms with van der Waals surface area (Å²) in [5.74, 6) is -0.0911. The van der Waals surface area contributed by atoms with Gasteiger partial charge in [-0.2, -0.15) is 0 Å². The van der Waals surface area contributed by atoms with E-state index in [0.717, 1.165) is 9.99 Å². The first-order valence-electron chi connectivity index (χ1n) is 5.08. The molecular formula is C11H12ClIN2OS. The topological polar surface area (TPSA) is 41.1 Å². The van der Waals surface area contributed by atoms with E-state index in [1.807, 2.05) is 25.1 Å². The van der Waals surface area contributed by atoms with Gasteiger partial charge in [-0.3, -0.25) is 4.79 Å². The molecule has 1 rings (SSSR count). The molecule has 0 aromatic heterocycles. The molecule has 0 aliphatic heterocycles. The minimum atomic E-state index is -0.0911. The Hall–Kier alpha value is -0.400. The highest BCUT2D eigenvalue weighted by atomic mass is 127. The Morgan fingerprint density at radius 2 is 2.24 bits per heavy atom. The lowest BCUT2D eigenvalue weighted by molar-refractivity contribution is -0.119. The van der Waals surface area contributed by atoms with Gasteiger partial charge < -0.3 is 10.6 Å². The molecule has 0 aliphatic carbocycles. The zero-order valence-electron chi connectivity index (χ0n) is 9.22. The van der Waals surface area contributed by atoms with Gasteiger partial charge in [-0.1, -0.05) is 18.5 Å². The van der Waals surface area contributed by atoms with E-state index in [4.69, 9.17) is 23.8 Å². The quantitative estimate of drug-likeness (QED) is 0.620. The van der Waals surface area contributed by atoms with Crippen LogP contribution in [-0.4, -0.2) is 11.0 Å². The molecule has 1 aromatic rings. The second-order valence-electron chi connectivity index (χ2n) is 3.38. The Kier molecular flexibility index (Phi) is 6.15. The lowest BCUT2D eigenvalue weighted by Gasteiger charge is -2.10. The molecule has 0 radical (unpaired) electrons. The molecule has 3 nitrogen and oxygen atoms in total. The molecule has 0 saturated carbocycles. The molecule has 2 N–H and O–H groups in total. The zero-order valence-corrected chi connectivity index (χ0v) is 12.9. The molecule has 0 bridgehead atoms. The van der Waals surface area contributed by atoms with E-state index in [9.17, 15) is 4.79 Å². The van der Waals surface area contributed by atoms with Gasteiger partial charge in [0.15, 0.2) is 5.11 Å². The minimum Gasteiger partial charge on any atom is -0.331 e. The van der Waals surface area contributed by atoms with E-state index in [1.165, 1.54) is 0 Å². The first-order chi connectivity index (χ1) is 8.02. The van der Waals surface area contributed by atoms with Gasteiger partial charge in [0.25, 0.3) is 0 Å². The van der Waals surface area contributed by atoms with Gasteiger partial charge in [0.2, 0.25) is 5.91 Å². The van der Waals surface area contributed by atoms with Gasteiger partial charge in [-0.05, 0) is 59.4 Å². The van der Waals surface area contributed by atoms with Gasteiger partial charge in [0.05, 0.1) is 10.7 Å². The third kappa shape index (κ3) is 5.18. The average Bonchev–Trinajstić information content (AvgIpc) is 2.22. The highest BCUT2D eigenvalue weighted by Crippen LogP contribution is 2.23. The van der Waals surface area contributed by atoms with Crippen molar-refractivity contribution >= 4 is 63.1 Å². The highest BCUT2D eigenvalue weighted by molar-refractivity contribution is 14.1. The van der Waals surface area contributed by atoms with Crippen LogP contribution in [0.1, 0.15) is 19.8 Å². The van der Waals surface area contributed by atoms with Crippen LogP contribution >= 0.6 is 46.4 Å². The van der Waals surface area contributed by atoms with Crippen molar-refractivity contribution in [1.82, 2.24) is 5.32 Å². The van der Waals surface area contributed by atoms with Crippen LogP contribution in [0.2, 0.25) is 5.02 Å². The predicted molar refractivity (Wildman–Crippen MR) is 83.4 cm³/mol. The summed E-state index contributed by atoms with van der Waals surface area (Å²) in [5, 5.41) is 6.33. The zero-order chi connectivity index (χ0) is 12.8. The molecule has 1 amide bonds. The summed E-state index contributed by atoms with van der Waals surface area (Å²) >= 11 is 13.2. The molecule has 0 spiro atoms. The van der Waals surface area contributed by atoms with E-state index in [1.54, 1.807) is 0 Å². The summed E-state index contributed by atoms with van der Waals surface area (Å²) in [6, 6.07) is 5.55. The standard InChI is InChI=1S/C11H12ClIN2OS/c1-2-3-10(16)15-11(17)14-9-5-4-7(13)6-8(9)12/h4-6H,2-3H2,1H3,(H2,14,15,16,17). The fraction of sp³-hybridized carbons (Fsp3) is 0.273. The average molecular weight is 383 g/mol. The van der Waals surface area contributed by atoms with Crippen LogP contribution in [0.15, 0.2) is 18.2 Å². The number of thiocarbonyl (C=S) groups is 1. The van der Waals surface area contributed by atoms with Crippen molar-refractivity contribution in [2.45, 2.75) is 19.8 Å². The molecule has 0 unspecified atom stereocenters.